The fourth-order valence-electron chi connectivity index (χ4n) is 6.18. The molecule has 4 aliphatic rings. The Bertz CT molecular complexity index is 921. The second kappa shape index (κ2) is 7.34. The van der Waals surface area contributed by atoms with Gasteiger partial charge >= 0.3 is 6.03 Å². The highest BCUT2D eigenvalue weighted by Crippen LogP contribution is 2.55. The van der Waals surface area contributed by atoms with Crippen molar-refractivity contribution in [2.75, 3.05) is 10.6 Å². The molecule has 6 rings (SSSR count). The molecular weight excluding hydrogens is 384 g/mol. The highest BCUT2D eigenvalue weighted by molar-refractivity contribution is 5.91. The number of nitrogens with zero attached hydrogens (tertiary/aromatic N) is 1. The molecule has 8 nitrogen and oxygen atoms in total. The van der Waals surface area contributed by atoms with Gasteiger partial charge in [0.1, 0.15) is 11.4 Å². The number of nitrogens with one attached hydrogen (secondary N) is 3. The Labute approximate surface area is 174 Å². The van der Waals surface area contributed by atoms with Gasteiger partial charge in [0, 0.05) is 17.3 Å². The lowest BCUT2D eigenvalue weighted by atomic mass is 9.53. The maximum Gasteiger partial charge on any atom is 0.319 e. The Balaban J connectivity index is 1.27. The van der Waals surface area contributed by atoms with Crippen molar-refractivity contribution in [1.82, 2.24) is 5.32 Å². The monoisotopic (exact) mass is 410 g/mol. The molecule has 8 heteroatoms. The number of hydrogen-bond donors (Lipinski definition) is 3. The Hall–Kier alpha value is -3.03. The van der Waals surface area contributed by atoms with Crippen molar-refractivity contribution < 1.29 is 14.1 Å². The van der Waals surface area contributed by atoms with E-state index < -0.39 is 4.92 Å². The highest BCUT2D eigenvalue weighted by Gasteiger charge is 2.51. The molecule has 0 unspecified atom stereocenters. The number of furan rings is 1. The normalized spacial score (nSPS) is 28.9. The molecule has 0 aliphatic heterocycles. The maximum absolute atomic E-state index is 12.8. The number of anilines is 2. The lowest BCUT2D eigenvalue weighted by Gasteiger charge is -2.56. The average Bonchev–Trinajstić information content (AvgIpc) is 3.18. The maximum atomic E-state index is 12.8. The summed E-state index contributed by atoms with van der Waals surface area (Å²) < 4.78 is 5.27. The molecule has 1 aromatic carbocycles. The number of hydrogen-bond acceptors (Lipinski definition) is 5. The van der Waals surface area contributed by atoms with Gasteiger partial charge in [-0.1, -0.05) is 0 Å². The van der Waals surface area contributed by atoms with Gasteiger partial charge in [-0.15, -0.1) is 0 Å². The molecule has 0 spiro atoms. The molecule has 4 saturated carbocycles. The van der Waals surface area contributed by atoms with Gasteiger partial charge in [-0.05, 0) is 80.5 Å². The number of nitro groups is 1. The number of nitro benzene ring substituents is 1. The number of rotatable bonds is 6. The van der Waals surface area contributed by atoms with Crippen LogP contribution in [0.1, 0.15) is 44.3 Å². The lowest BCUT2D eigenvalue weighted by Crippen LogP contribution is -2.60. The molecule has 158 valence electrons. The molecule has 4 aliphatic carbocycles. The van der Waals surface area contributed by atoms with Crippen molar-refractivity contribution in [2.24, 2.45) is 17.8 Å². The van der Waals surface area contributed by atoms with Crippen molar-refractivity contribution >= 4 is 23.1 Å². The summed E-state index contributed by atoms with van der Waals surface area (Å²) in [6.45, 7) is 0.316. The van der Waals surface area contributed by atoms with E-state index in [9.17, 15) is 14.9 Å². The predicted octanol–water partition coefficient (Wildman–Crippen LogP) is 4.89. The third-order valence-electron chi connectivity index (χ3n) is 6.90. The fraction of sp³-hybridized carbons (Fsp3) is 0.500. The van der Waals surface area contributed by atoms with Crippen LogP contribution in [0.3, 0.4) is 0 Å². The molecule has 2 amide bonds. The summed E-state index contributed by atoms with van der Waals surface area (Å²) in [5.41, 5.74) is 0.724. The number of benzene rings is 1. The Morgan fingerprint density at radius 1 is 1.13 bits per heavy atom. The zero-order valence-electron chi connectivity index (χ0n) is 16.7. The second-order valence-corrected chi connectivity index (χ2v) is 9.20. The summed E-state index contributed by atoms with van der Waals surface area (Å²) in [6.07, 6.45) is 8.72. The van der Waals surface area contributed by atoms with Gasteiger partial charge in [0.25, 0.3) is 5.69 Å². The molecule has 3 N–H and O–H groups in total. The predicted molar refractivity (Wildman–Crippen MR) is 112 cm³/mol. The number of carbonyl (C=O) groups excluding carboxylic acids is 1. The standard InChI is InChI=1S/C22H26N4O4/c27-21(25-22-10-14-6-15(11-22)8-16(7-14)12-22)24-17-3-4-20(26(28)29)19(9-17)23-13-18-2-1-5-30-18/h1-5,9,14-16,23H,6-8,10-13H2,(H2,24,25,27). The zero-order valence-corrected chi connectivity index (χ0v) is 16.7. The fourth-order valence-corrected chi connectivity index (χ4v) is 6.18. The highest BCUT2D eigenvalue weighted by atomic mass is 16.6. The average molecular weight is 410 g/mol. The topological polar surface area (TPSA) is 109 Å². The zero-order chi connectivity index (χ0) is 20.7. The number of amides is 2. The van der Waals surface area contributed by atoms with E-state index >= 15 is 0 Å². The van der Waals surface area contributed by atoms with E-state index in [2.05, 4.69) is 16.0 Å². The van der Waals surface area contributed by atoms with Gasteiger partial charge in [-0.2, -0.15) is 0 Å². The quantitative estimate of drug-likeness (QED) is 0.464. The largest absolute Gasteiger partial charge is 0.467 e. The summed E-state index contributed by atoms with van der Waals surface area (Å²) >= 11 is 0. The minimum absolute atomic E-state index is 0.0476. The van der Waals surface area contributed by atoms with Gasteiger partial charge in [-0.3, -0.25) is 10.1 Å². The SMILES string of the molecule is O=C(Nc1ccc([N+](=O)[O-])c(NCc2ccco2)c1)NC12CC3CC(CC(C3)C1)C2. The molecule has 0 radical (unpaired) electrons. The van der Waals surface area contributed by atoms with Crippen molar-refractivity contribution in [3.05, 3.63) is 52.5 Å². The van der Waals surface area contributed by atoms with E-state index in [1.54, 1.807) is 30.5 Å². The molecule has 0 atom stereocenters. The van der Waals surface area contributed by atoms with Crippen molar-refractivity contribution in [1.29, 1.82) is 0 Å². The van der Waals surface area contributed by atoms with Crippen LogP contribution in [0.4, 0.5) is 21.9 Å². The lowest BCUT2D eigenvalue weighted by molar-refractivity contribution is -0.384. The van der Waals surface area contributed by atoms with Gasteiger partial charge in [-0.25, -0.2) is 4.79 Å². The van der Waals surface area contributed by atoms with Crippen LogP contribution < -0.4 is 16.0 Å². The summed E-state index contributed by atoms with van der Waals surface area (Å²) in [7, 11) is 0. The van der Waals surface area contributed by atoms with Crippen LogP contribution in [0.2, 0.25) is 0 Å². The third kappa shape index (κ3) is 3.74. The first-order valence-electron chi connectivity index (χ1n) is 10.6. The summed E-state index contributed by atoms with van der Waals surface area (Å²) in [5, 5.41) is 20.6. The van der Waals surface area contributed by atoms with Crippen LogP contribution in [-0.4, -0.2) is 16.5 Å². The first-order valence-corrected chi connectivity index (χ1v) is 10.6. The van der Waals surface area contributed by atoms with Gasteiger partial charge in [0.15, 0.2) is 0 Å². The molecule has 0 saturated heterocycles. The van der Waals surface area contributed by atoms with Gasteiger partial charge in [0.2, 0.25) is 0 Å². The second-order valence-electron chi connectivity index (χ2n) is 9.20. The van der Waals surface area contributed by atoms with Gasteiger partial charge in [0.05, 0.1) is 17.7 Å². The van der Waals surface area contributed by atoms with E-state index in [0.29, 0.717) is 23.7 Å². The molecule has 4 fully saturated rings. The third-order valence-corrected chi connectivity index (χ3v) is 6.90. The van der Waals surface area contributed by atoms with Crippen LogP contribution in [-0.2, 0) is 6.54 Å². The first kappa shape index (κ1) is 19.0. The minimum atomic E-state index is -0.441. The van der Waals surface area contributed by atoms with Gasteiger partial charge < -0.3 is 20.4 Å². The van der Waals surface area contributed by atoms with Crippen LogP contribution in [0.5, 0.6) is 0 Å². The van der Waals surface area contributed by atoms with E-state index in [-0.39, 0.29) is 17.3 Å². The van der Waals surface area contributed by atoms with E-state index in [4.69, 9.17) is 4.42 Å². The van der Waals surface area contributed by atoms with Crippen molar-refractivity contribution in [2.45, 2.75) is 50.6 Å². The Kier molecular flexibility index (Phi) is 4.64. The summed E-state index contributed by atoms with van der Waals surface area (Å²) in [4.78, 5) is 23.7. The van der Waals surface area contributed by atoms with Crippen molar-refractivity contribution in [3.63, 3.8) is 0 Å². The van der Waals surface area contributed by atoms with Crippen LogP contribution in [0, 0.1) is 27.9 Å². The molecule has 30 heavy (non-hydrogen) atoms. The summed E-state index contributed by atoms with van der Waals surface area (Å²) in [5.74, 6) is 2.90. The molecule has 2 aromatic rings. The number of carbonyl (C=O) groups is 1. The van der Waals surface area contributed by atoms with E-state index in [0.717, 1.165) is 37.0 Å². The smallest absolute Gasteiger partial charge is 0.319 e. The van der Waals surface area contributed by atoms with Crippen molar-refractivity contribution in [3.8, 4) is 0 Å². The van der Waals surface area contributed by atoms with E-state index in [1.807, 2.05) is 0 Å². The Morgan fingerprint density at radius 3 is 2.43 bits per heavy atom. The van der Waals surface area contributed by atoms with Crippen LogP contribution in [0.15, 0.2) is 41.0 Å². The van der Waals surface area contributed by atoms with E-state index in [1.165, 1.54) is 25.3 Å². The minimum Gasteiger partial charge on any atom is -0.467 e. The Morgan fingerprint density at radius 2 is 1.83 bits per heavy atom. The summed E-state index contributed by atoms with van der Waals surface area (Å²) in [6, 6.07) is 7.89. The molecule has 1 heterocycles. The van der Waals surface area contributed by atoms with Crippen LogP contribution in [0.25, 0.3) is 0 Å². The molecule has 4 bridgehead atoms. The first-order chi connectivity index (χ1) is 14.5. The number of urea groups is 1. The van der Waals surface area contributed by atoms with Crippen LogP contribution >= 0.6 is 0 Å². The molecule has 1 aromatic heterocycles. The molecular formula is C22H26N4O4.